The Morgan fingerprint density at radius 1 is 1.37 bits per heavy atom. The van der Waals surface area contributed by atoms with Crippen LogP contribution in [0, 0.1) is 18.7 Å². The number of anilines is 1. The number of aromatic nitrogens is 2. The Labute approximate surface area is 113 Å². The summed E-state index contributed by atoms with van der Waals surface area (Å²) in [4.78, 5) is 4.27. The lowest BCUT2D eigenvalue weighted by atomic mass is 10.00. The van der Waals surface area contributed by atoms with Crippen molar-refractivity contribution in [1.82, 2.24) is 9.55 Å². The molecule has 0 saturated heterocycles. The zero-order valence-electron chi connectivity index (χ0n) is 12.1. The van der Waals surface area contributed by atoms with Crippen molar-refractivity contribution >= 4 is 17.0 Å². The first-order valence-electron chi connectivity index (χ1n) is 6.87. The number of nitrogen functional groups attached to an aromatic ring is 1. The third kappa shape index (κ3) is 2.57. The largest absolute Gasteiger partial charge is 0.369 e. The molecule has 1 heterocycles. The van der Waals surface area contributed by atoms with Gasteiger partial charge in [-0.25, -0.2) is 9.37 Å². The van der Waals surface area contributed by atoms with Crippen molar-refractivity contribution in [3.8, 4) is 0 Å². The molecule has 19 heavy (non-hydrogen) atoms. The molecule has 2 unspecified atom stereocenters. The topological polar surface area (TPSA) is 43.8 Å². The van der Waals surface area contributed by atoms with Crippen LogP contribution in [-0.4, -0.2) is 9.55 Å². The Hall–Kier alpha value is -1.58. The highest BCUT2D eigenvalue weighted by atomic mass is 19.1. The lowest BCUT2D eigenvalue weighted by molar-refractivity contribution is 0.407. The second-order valence-electron chi connectivity index (χ2n) is 5.53. The molecule has 0 saturated carbocycles. The van der Waals surface area contributed by atoms with Crippen LogP contribution >= 0.6 is 0 Å². The minimum absolute atomic E-state index is 0.230. The highest BCUT2D eigenvalue weighted by Gasteiger charge is 2.17. The Balaban J connectivity index is 2.47. The first-order chi connectivity index (χ1) is 8.93. The van der Waals surface area contributed by atoms with Crippen LogP contribution in [0.1, 0.15) is 45.2 Å². The van der Waals surface area contributed by atoms with Crippen LogP contribution in [0.2, 0.25) is 0 Å². The molecule has 0 aliphatic carbocycles. The van der Waals surface area contributed by atoms with Gasteiger partial charge in [0.15, 0.2) is 0 Å². The lowest BCUT2D eigenvalue weighted by Gasteiger charge is -2.19. The third-order valence-electron chi connectivity index (χ3n) is 3.88. The second kappa shape index (κ2) is 5.19. The molecule has 4 heteroatoms. The molecule has 0 spiro atoms. The Morgan fingerprint density at radius 2 is 2.05 bits per heavy atom. The SMILES string of the molecule is CCC(C)CC(C)n1c(N)nc2cc(F)c(C)cc21. The third-order valence-corrected chi connectivity index (χ3v) is 3.88. The number of benzene rings is 1. The Bertz CT molecular complexity index is 589. The van der Waals surface area contributed by atoms with Crippen molar-refractivity contribution in [3.63, 3.8) is 0 Å². The van der Waals surface area contributed by atoms with Crippen molar-refractivity contribution in [2.45, 2.75) is 46.6 Å². The summed E-state index contributed by atoms with van der Waals surface area (Å²) in [6.07, 6.45) is 2.19. The van der Waals surface area contributed by atoms with Gasteiger partial charge in [0, 0.05) is 12.1 Å². The lowest BCUT2D eigenvalue weighted by Crippen LogP contribution is -2.12. The maximum absolute atomic E-state index is 13.6. The van der Waals surface area contributed by atoms with Gasteiger partial charge in [0.2, 0.25) is 5.95 Å². The van der Waals surface area contributed by atoms with E-state index in [4.69, 9.17) is 5.73 Å². The van der Waals surface area contributed by atoms with E-state index in [0.29, 0.717) is 22.9 Å². The molecule has 0 aliphatic heterocycles. The minimum Gasteiger partial charge on any atom is -0.369 e. The molecule has 2 aromatic rings. The summed E-state index contributed by atoms with van der Waals surface area (Å²) in [6.45, 7) is 8.33. The molecule has 104 valence electrons. The van der Waals surface area contributed by atoms with E-state index in [1.165, 1.54) is 6.07 Å². The van der Waals surface area contributed by atoms with Gasteiger partial charge in [0.25, 0.3) is 0 Å². The van der Waals surface area contributed by atoms with Crippen LogP contribution in [0.3, 0.4) is 0 Å². The summed E-state index contributed by atoms with van der Waals surface area (Å²) in [5, 5.41) is 0. The Morgan fingerprint density at radius 3 is 2.68 bits per heavy atom. The number of fused-ring (bicyclic) bond motifs is 1. The van der Waals surface area contributed by atoms with E-state index in [-0.39, 0.29) is 11.9 Å². The fourth-order valence-corrected chi connectivity index (χ4v) is 2.56. The average Bonchev–Trinajstić information content (AvgIpc) is 2.65. The van der Waals surface area contributed by atoms with E-state index in [9.17, 15) is 4.39 Å². The number of aryl methyl sites for hydroxylation is 1. The molecule has 2 N–H and O–H groups in total. The molecule has 2 atom stereocenters. The predicted molar refractivity (Wildman–Crippen MR) is 77.6 cm³/mol. The maximum Gasteiger partial charge on any atom is 0.201 e. The van der Waals surface area contributed by atoms with Gasteiger partial charge in [-0.2, -0.15) is 0 Å². The van der Waals surface area contributed by atoms with Gasteiger partial charge < -0.3 is 10.3 Å². The quantitative estimate of drug-likeness (QED) is 0.903. The summed E-state index contributed by atoms with van der Waals surface area (Å²) >= 11 is 0. The fraction of sp³-hybridized carbons (Fsp3) is 0.533. The standard InChI is InChI=1S/C15H22FN3/c1-5-9(2)6-11(4)19-14-7-10(3)12(16)8-13(14)18-15(19)17/h7-9,11H,5-6H2,1-4H3,(H2,17,18). The van der Waals surface area contributed by atoms with Crippen LogP contribution < -0.4 is 5.73 Å². The Kier molecular flexibility index (Phi) is 3.78. The van der Waals surface area contributed by atoms with Gasteiger partial charge in [0.1, 0.15) is 5.82 Å². The molecular formula is C15H22FN3. The molecule has 0 radical (unpaired) electrons. The van der Waals surface area contributed by atoms with Crippen LogP contribution in [0.25, 0.3) is 11.0 Å². The number of nitrogens with two attached hydrogens (primary N) is 1. The number of rotatable bonds is 4. The highest BCUT2D eigenvalue weighted by molar-refractivity contribution is 5.79. The molecule has 0 bridgehead atoms. The van der Waals surface area contributed by atoms with Gasteiger partial charge in [0.05, 0.1) is 11.0 Å². The van der Waals surface area contributed by atoms with Crippen molar-refractivity contribution in [2.24, 2.45) is 5.92 Å². The van der Waals surface area contributed by atoms with Gasteiger partial charge >= 0.3 is 0 Å². The second-order valence-corrected chi connectivity index (χ2v) is 5.53. The molecular weight excluding hydrogens is 241 g/mol. The number of hydrogen-bond donors (Lipinski definition) is 1. The van der Waals surface area contributed by atoms with Crippen molar-refractivity contribution in [3.05, 3.63) is 23.5 Å². The normalized spacial score (nSPS) is 14.8. The first kappa shape index (κ1) is 13.8. The van der Waals surface area contributed by atoms with Crippen LogP contribution in [0.4, 0.5) is 10.3 Å². The molecule has 3 nitrogen and oxygen atoms in total. The number of halogens is 1. The summed E-state index contributed by atoms with van der Waals surface area (Å²) in [6, 6.07) is 3.57. The zero-order chi connectivity index (χ0) is 14.2. The van der Waals surface area contributed by atoms with Crippen LogP contribution in [0.5, 0.6) is 0 Å². The summed E-state index contributed by atoms with van der Waals surface area (Å²) < 4.78 is 15.6. The molecule has 2 rings (SSSR count). The number of hydrogen-bond acceptors (Lipinski definition) is 2. The highest BCUT2D eigenvalue weighted by Crippen LogP contribution is 2.28. The van der Waals surface area contributed by atoms with Crippen LogP contribution in [0.15, 0.2) is 12.1 Å². The molecule has 0 aliphatic rings. The van der Waals surface area contributed by atoms with E-state index >= 15 is 0 Å². The summed E-state index contributed by atoms with van der Waals surface area (Å²) in [5.74, 6) is 0.871. The maximum atomic E-state index is 13.6. The molecule has 1 aromatic heterocycles. The van der Waals surface area contributed by atoms with E-state index in [0.717, 1.165) is 18.4 Å². The number of nitrogens with zero attached hydrogens (tertiary/aromatic N) is 2. The predicted octanol–water partition coefficient (Wildman–Crippen LogP) is 4.06. The molecule has 0 amide bonds. The van der Waals surface area contributed by atoms with Gasteiger partial charge in [-0.05, 0) is 37.8 Å². The van der Waals surface area contributed by atoms with Gasteiger partial charge in [-0.3, -0.25) is 0 Å². The zero-order valence-corrected chi connectivity index (χ0v) is 12.1. The van der Waals surface area contributed by atoms with Gasteiger partial charge in [-0.1, -0.05) is 20.3 Å². The summed E-state index contributed by atoms with van der Waals surface area (Å²) in [5.41, 5.74) is 8.19. The van der Waals surface area contributed by atoms with Crippen molar-refractivity contribution in [2.75, 3.05) is 5.73 Å². The van der Waals surface area contributed by atoms with E-state index in [2.05, 4.69) is 25.8 Å². The smallest absolute Gasteiger partial charge is 0.201 e. The van der Waals surface area contributed by atoms with Crippen LogP contribution in [-0.2, 0) is 0 Å². The number of imidazole rings is 1. The summed E-state index contributed by atoms with van der Waals surface area (Å²) in [7, 11) is 0. The van der Waals surface area contributed by atoms with E-state index in [1.807, 2.05) is 10.6 Å². The molecule has 1 aromatic carbocycles. The monoisotopic (exact) mass is 263 g/mol. The van der Waals surface area contributed by atoms with Gasteiger partial charge in [-0.15, -0.1) is 0 Å². The van der Waals surface area contributed by atoms with Crippen molar-refractivity contribution < 1.29 is 4.39 Å². The minimum atomic E-state index is -0.230. The van der Waals surface area contributed by atoms with E-state index < -0.39 is 0 Å². The van der Waals surface area contributed by atoms with Crippen molar-refractivity contribution in [1.29, 1.82) is 0 Å². The average molecular weight is 263 g/mol. The molecule has 0 fully saturated rings. The fourth-order valence-electron chi connectivity index (χ4n) is 2.56. The van der Waals surface area contributed by atoms with E-state index in [1.54, 1.807) is 6.92 Å². The first-order valence-corrected chi connectivity index (χ1v) is 6.87.